The first-order chi connectivity index (χ1) is 8.13. The minimum atomic E-state index is 0.414. The van der Waals surface area contributed by atoms with E-state index in [4.69, 9.17) is 16.3 Å². The Kier molecular flexibility index (Phi) is 6.01. The Morgan fingerprint density at radius 2 is 2.35 bits per heavy atom. The molecule has 0 fully saturated rings. The van der Waals surface area contributed by atoms with E-state index >= 15 is 0 Å². The lowest BCUT2D eigenvalue weighted by Gasteiger charge is -2.09. The lowest BCUT2D eigenvalue weighted by atomic mass is 10.2. The van der Waals surface area contributed by atoms with E-state index in [1.165, 1.54) is 0 Å². The van der Waals surface area contributed by atoms with Gasteiger partial charge in [0.25, 0.3) is 0 Å². The molecule has 0 spiro atoms. The molecule has 0 aliphatic heterocycles. The average molecular weight is 255 g/mol. The number of hydrogen-bond acceptors (Lipinski definition) is 3. The second-order valence-corrected chi connectivity index (χ2v) is 4.66. The third kappa shape index (κ3) is 5.20. The van der Waals surface area contributed by atoms with Crippen LogP contribution in [0.15, 0.2) is 24.9 Å². The van der Waals surface area contributed by atoms with Crippen molar-refractivity contribution in [3.8, 4) is 5.88 Å². The molecule has 1 aromatic rings. The van der Waals surface area contributed by atoms with Gasteiger partial charge in [0.05, 0.1) is 0 Å². The first-order valence-electron chi connectivity index (χ1n) is 5.72. The first-order valence-corrected chi connectivity index (χ1v) is 6.10. The summed E-state index contributed by atoms with van der Waals surface area (Å²) < 4.78 is 5.30. The van der Waals surface area contributed by atoms with Crippen molar-refractivity contribution in [3.63, 3.8) is 0 Å². The molecule has 1 N–H and O–H groups in total. The molecule has 0 saturated carbocycles. The molecular weight excluding hydrogens is 236 g/mol. The van der Waals surface area contributed by atoms with Crippen LogP contribution >= 0.6 is 11.6 Å². The number of ether oxygens (including phenoxy) is 1. The predicted octanol–water partition coefficient (Wildman–Crippen LogP) is 3.05. The van der Waals surface area contributed by atoms with Gasteiger partial charge in [0.1, 0.15) is 11.6 Å². The van der Waals surface area contributed by atoms with Gasteiger partial charge in [-0.05, 0) is 24.1 Å². The third-order valence-electron chi connectivity index (χ3n) is 2.08. The molecule has 0 bridgehead atoms. The monoisotopic (exact) mass is 254 g/mol. The van der Waals surface area contributed by atoms with Gasteiger partial charge in [0.15, 0.2) is 0 Å². The van der Waals surface area contributed by atoms with Gasteiger partial charge in [0.2, 0.25) is 5.88 Å². The molecule has 0 amide bonds. The molecule has 0 aliphatic rings. The van der Waals surface area contributed by atoms with E-state index in [1.54, 1.807) is 12.3 Å². The summed E-state index contributed by atoms with van der Waals surface area (Å²) in [4.78, 5) is 4.17. The Balaban J connectivity index is 2.52. The number of hydrogen-bond donors (Lipinski definition) is 1. The fraction of sp³-hybridized carbons (Fsp3) is 0.462. The Morgan fingerprint density at radius 1 is 1.59 bits per heavy atom. The lowest BCUT2D eigenvalue weighted by Crippen LogP contribution is -2.19. The molecule has 1 heterocycles. The Labute approximate surface area is 108 Å². The van der Waals surface area contributed by atoms with Gasteiger partial charge in [-0.25, -0.2) is 4.98 Å². The fourth-order valence-electron chi connectivity index (χ4n) is 1.31. The number of rotatable bonds is 7. The highest BCUT2D eigenvalue weighted by Crippen LogP contribution is 2.22. The smallest absolute Gasteiger partial charge is 0.232 e. The summed E-state index contributed by atoms with van der Waals surface area (Å²) in [7, 11) is 0. The van der Waals surface area contributed by atoms with Crippen LogP contribution in [-0.2, 0) is 6.54 Å². The molecule has 0 aliphatic carbocycles. The zero-order chi connectivity index (χ0) is 12.7. The molecule has 1 rings (SSSR count). The highest BCUT2D eigenvalue weighted by atomic mass is 35.5. The molecule has 0 unspecified atom stereocenters. The van der Waals surface area contributed by atoms with E-state index in [2.05, 4.69) is 30.7 Å². The fourth-order valence-corrected chi connectivity index (χ4v) is 1.55. The predicted molar refractivity (Wildman–Crippen MR) is 71.5 cm³/mol. The molecule has 1 aromatic heterocycles. The van der Waals surface area contributed by atoms with Crippen LogP contribution in [-0.4, -0.2) is 18.1 Å². The van der Waals surface area contributed by atoms with Crippen LogP contribution in [0.4, 0.5) is 0 Å². The maximum absolute atomic E-state index is 6.06. The van der Waals surface area contributed by atoms with Crippen molar-refractivity contribution in [2.24, 2.45) is 5.92 Å². The van der Waals surface area contributed by atoms with Crippen molar-refractivity contribution in [3.05, 3.63) is 35.5 Å². The van der Waals surface area contributed by atoms with E-state index in [9.17, 15) is 0 Å². The molecular formula is C13H19ClN2O. The van der Waals surface area contributed by atoms with Crippen molar-refractivity contribution in [1.82, 2.24) is 10.3 Å². The minimum Gasteiger partial charge on any atom is -0.472 e. The maximum Gasteiger partial charge on any atom is 0.232 e. The van der Waals surface area contributed by atoms with Gasteiger partial charge in [-0.2, -0.15) is 0 Å². The Hall–Kier alpha value is -1.06. The number of aromatic nitrogens is 1. The lowest BCUT2D eigenvalue weighted by molar-refractivity contribution is 0.348. The standard InChI is InChI=1S/C13H19ClN2O/c1-4-5-17-13-12(14)6-11(9-16-13)8-15-7-10(2)3/h4,6,9-10,15H,1,5,7-8H2,2-3H3. The minimum absolute atomic E-state index is 0.414. The summed E-state index contributed by atoms with van der Waals surface area (Å²) in [5, 5.41) is 3.87. The van der Waals surface area contributed by atoms with Gasteiger partial charge in [0, 0.05) is 12.7 Å². The van der Waals surface area contributed by atoms with Crippen LogP contribution < -0.4 is 10.1 Å². The highest BCUT2D eigenvalue weighted by molar-refractivity contribution is 6.31. The van der Waals surface area contributed by atoms with Crippen LogP contribution in [0, 0.1) is 5.92 Å². The molecule has 0 radical (unpaired) electrons. The average Bonchev–Trinajstić information content (AvgIpc) is 2.27. The number of nitrogens with zero attached hydrogens (tertiary/aromatic N) is 1. The Bertz CT molecular complexity index is 366. The number of halogens is 1. The summed E-state index contributed by atoms with van der Waals surface area (Å²) in [6, 6.07) is 1.88. The summed E-state index contributed by atoms with van der Waals surface area (Å²) >= 11 is 6.06. The first kappa shape index (κ1) is 14.0. The van der Waals surface area contributed by atoms with Gasteiger partial charge < -0.3 is 10.1 Å². The van der Waals surface area contributed by atoms with Crippen LogP contribution in [0.1, 0.15) is 19.4 Å². The van der Waals surface area contributed by atoms with E-state index in [0.29, 0.717) is 23.4 Å². The van der Waals surface area contributed by atoms with Crippen molar-refractivity contribution in [1.29, 1.82) is 0 Å². The van der Waals surface area contributed by atoms with Gasteiger partial charge in [-0.3, -0.25) is 0 Å². The number of pyridine rings is 1. The van der Waals surface area contributed by atoms with E-state index in [-0.39, 0.29) is 0 Å². The Morgan fingerprint density at radius 3 is 2.94 bits per heavy atom. The summed E-state index contributed by atoms with van der Waals surface area (Å²) in [6.07, 6.45) is 3.44. The summed E-state index contributed by atoms with van der Waals surface area (Å²) in [5.74, 6) is 1.09. The highest BCUT2D eigenvalue weighted by Gasteiger charge is 2.04. The van der Waals surface area contributed by atoms with Gasteiger partial charge >= 0.3 is 0 Å². The zero-order valence-corrected chi connectivity index (χ0v) is 11.1. The molecule has 94 valence electrons. The van der Waals surface area contributed by atoms with Crippen molar-refractivity contribution >= 4 is 11.6 Å². The van der Waals surface area contributed by atoms with Crippen molar-refractivity contribution in [2.75, 3.05) is 13.2 Å². The normalized spacial score (nSPS) is 10.6. The van der Waals surface area contributed by atoms with Crippen LogP contribution in [0.2, 0.25) is 5.02 Å². The zero-order valence-electron chi connectivity index (χ0n) is 10.4. The van der Waals surface area contributed by atoms with E-state index in [0.717, 1.165) is 18.7 Å². The summed E-state index contributed by atoms with van der Waals surface area (Å²) in [6.45, 7) is 10.1. The third-order valence-corrected chi connectivity index (χ3v) is 2.35. The van der Waals surface area contributed by atoms with Crippen LogP contribution in [0.5, 0.6) is 5.88 Å². The maximum atomic E-state index is 6.06. The second-order valence-electron chi connectivity index (χ2n) is 4.25. The molecule has 0 atom stereocenters. The molecule has 3 nitrogen and oxygen atoms in total. The van der Waals surface area contributed by atoms with Crippen LogP contribution in [0.25, 0.3) is 0 Å². The molecule has 0 saturated heterocycles. The van der Waals surface area contributed by atoms with Gasteiger partial charge in [-0.1, -0.05) is 38.1 Å². The molecule has 17 heavy (non-hydrogen) atoms. The van der Waals surface area contributed by atoms with Crippen LogP contribution in [0.3, 0.4) is 0 Å². The second kappa shape index (κ2) is 7.30. The van der Waals surface area contributed by atoms with E-state index < -0.39 is 0 Å². The van der Waals surface area contributed by atoms with Crippen molar-refractivity contribution in [2.45, 2.75) is 20.4 Å². The topological polar surface area (TPSA) is 34.1 Å². The van der Waals surface area contributed by atoms with Crippen molar-refractivity contribution < 1.29 is 4.74 Å². The van der Waals surface area contributed by atoms with Gasteiger partial charge in [-0.15, -0.1) is 0 Å². The largest absolute Gasteiger partial charge is 0.472 e. The molecule has 4 heteroatoms. The molecule has 0 aromatic carbocycles. The summed E-state index contributed by atoms with van der Waals surface area (Å²) in [5.41, 5.74) is 1.06. The number of nitrogens with one attached hydrogen (secondary N) is 1. The SMILES string of the molecule is C=CCOc1ncc(CNCC(C)C)cc1Cl. The van der Waals surface area contributed by atoms with E-state index in [1.807, 2.05) is 6.07 Å². The quantitative estimate of drug-likeness (QED) is 0.760.